The van der Waals surface area contributed by atoms with E-state index in [-0.39, 0.29) is 0 Å². The second kappa shape index (κ2) is 1.18. The molecule has 0 saturated heterocycles. The maximum absolute atomic E-state index is 15.2. The van der Waals surface area contributed by atoms with Crippen LogP contribution >= 0.6 is 0 Å². The third kappa shape index (κ3) is 2.70. The summed E-state index contributed by atoms with van der Waals surface area (Å²) in [6.45, 7) is 0. The van der Waals surface area contributed by atoms with Crippen LogP contribution in [0.5, 0.6) is 0 Å². The Kier molecular flexibility index (Phi) is 0.999. The van der Waals surface area contributed by atoms with E-state index in [4.69, 9.17) is 0 Å². The summed E-state index contributed by atoms with van der Waals surface area (Å²) in [7, 11) is 0. The van der Waals surface area contributed by atoms with Crippen LogP contribution in [0.1, 0.15) is 6.42 Å². The molecule has 0 bridgehead atoms. The fourth-order valence-electron chi connectivity index (χ4n) is 1.12. The number of hydrogen-bond donors (Lipinski definition) is 0. The Hall–Kier alpha value is -0.0366. The van der Waals surface area contributed by atoms with E-state index in [1.165, 1.54) is 0 Å². The van der Waals surface area contributed by atoms with Crippen LogP contribution in [0.15, 0.2) is 22.4 Å². The predicted molar refractivity (Wildman–Crippen MR) is 53.4 cm³/mol. The Morgan fingerprint density at radius 3 is 1.69 bits per heavy atom. The Bertz CT molecular complexity index is 344. The molecule has 0 N–H and O–H groups in total. The molecular weight excluding hydrogens is 261 g/mol. The Balaban J connectivity index is 3.65. The maximum atomic E-state index is 15.2. The van der Waals surface area contributed by atoms with Crippen molar-refractivity contribution in [3.63, 3.8) is 0 Å². The third-order valence-electron chi connectivity index (χ3n) is 1.94. The van der Waals surface area contributed by atoms with Gasteiger partial charge < -0.3 is 0 Å². The Morgan fingerprint density at radius 1 is 1.08 bits per heavy atom. The molecule has 0 atom stereocenters. The quantitative estimate of drug-likeness (QED) is 0.584. The van der Waals surface area contributed by atoms with Crippen LogP contribution in [-0.4, -0.2) is 0 Å². The van der Waals surface area contributed by atoms with Gasteiger partial charge in [-0.25, -0.2) is 0 Å². The van der Waals surface area contributed by atoms with E-state index in [1.54, 1.807) is 18.2 Å². The fourth-order valence-corrected chi connectivity index (χ4v) is 4.97. The minimum absolute atomic E-state index is 0.299. The number of halogens is 2. The van der Waals surface area contributed by atoms with E-state index < -0.39 is 11.1 Å². The first-order valence-electron chi connectivity index (χ1n) is 3.80. The summed E-state index contributed by atoms with van der Waals surface area (Å²) < 4.78 is 30.7. The summed E-state index contributed by atoms with van der Waals surface area (Å²) in [6.07, 6.45) is 5.47. The summed E-state index contributed by atoms with van der Waals surface area (Å²) in [5, 5.41) is 0. The normalized spacial score (nSPS) is 29.6. The predicted octanol–water partition coefficient (Wildman–Crippen LogP) is 5.14. The van der Waals surface area contributed by atoms with Crippen molar-refractivity contribution < 1.29 is 17.7 Å². The first-order valence-corrected chi connectivity index (χ1v) is 14.1. The third-order valence-corrected chi connectivity index (χ3v) is 8.61. The van der Waals surface area contributed by atoms with Gasteiger partial charge in [-0.2, -0.15) is 0 Å². The fraction of sp³-hybridized carbons (Fsp3) is 0.600. The molecular formula is C10H20F2Rh. The molecule has 0 radical (unpaired) electrons. The molecule has 0 nitrogen and oxygen atoms in total. The van der Waals surface area contributed by atoms with Gasteiger partial charge in [0, 0.05) is 0 Å². The van der Waals surface area contributed by atoms with E-state index in [2.05, 4.69) is 0 Å². The first-order chi connectivity index (χ1) is 5.00. The molecule has 0 spiro atoms. The molecule has 3 heteroatoms. The summed E-state index contributed by atoms with van der Waals surface area (Å²) >= 11 is -6.53. The molecule has 1 aliphatic rings. The molecule has 0 fully saturated rings. The zero-order valence-corrected chi connectivity index (χ0v) is 10.7. The second-order valence-corrected chi connectivity index (χ2v) is 35.4. The van der Waals surface area contributed by atoms with E-state index in [9.17, 15) is 0 Å². The summed E-state index contributed by atoms with van der Waals surface area (Å²) in [5.74, 6) is 0. The molecule has 0 aromatic heterocycles. The van der Waals surface area contributed by atoms with Gasteiger partial charge in [-0.3, -0.25) is 0 Å². The van der Waals surface area contributed by atoms with Gasteiger partial charge in [0.05, 0.1) is 0 Å². The van der Waals surface area contributed by atoms with Crippen molar-refractivity contribution in [2.24, 2.45) is 0 Å². The van der Waals surface area contributed by atoms with E-state index in [0.717, 1.165) is 27.6 Å². The first kappa shape index (κ1) is 11.0. The molecule has 1 rings (SSSR count). The molecule has 0 aliphatic heterocycles. The van der Waals surface area contributed by atoms with Crippen LogP contribution in [0.25, 0.3) is 0 Å². The van der Waals surface area contributed by atoms with E-state index >= 15 is 6.63 Å². The van der Waals surface area contributed by atoms with Crippen LogP contribution in [0.2, 0.25) is 27.6 Å². The number of allylic oxidation sites excluding steroid dienone is 4. The topological polar surface area (TPSA) is 0 Å². The van der Waals surface area contributed by atoms with Crippen molar-refractivity contribution in [2.45, 2.75) is 34.0 Å². The van der Waals surface area contributed by atoms with Crippen LogP contribution in [0.4, 0.5) is 6.63 Å². The number of hydrogen-bond acceptors (Lipinski definition) is 0. The van der Waals surface area contributed by atoms with Gasteiger partial charge in [0.1, 0.15) is 0 Å². The Labute approximate surface area is 74.4 Å². The molecule has 1 aliphatic carbocycles. The van der Waals surface area contributed by atoms with Crippen molar-refractivity contribution >= 4 is 0 Å². The van der Waals surface area contributed by atoms with Crippen molar-refractivity contribution in [2.75, 3.05) is 0 Å². The average molecular weight is 281 g/mol. The van der Waals surface area contributed by atoms with Gasteiger partial charge in [-0.1, -0.05) is 0 Å². The molecule has 83 valence electrons. The molecule has 0 aromatic rings. The van der Waals surface area contributed by atoms with Crippen molar-refractivity contribution in [3.05, 3.63) is 22.4 Å². The van der Waals surface area contributed by atoms with Gasteiger partial charge in [0.15, 0.2) is 0 Å². The van der Waals surface area contributed by atoms with Crippen molar-refractivity contribution in [1.29, 1.82) is 0 Å². The molecule has 0 aromatic carbocycles. The molecule has 0 unspecified atom stereocenters. The molecule has 0 amide bonds. The number of rotatable bonds is 1. The standard InChI is InChI=1S/C5H5.5CH3.2FH.Rh/c1-2-4-5-3-1;;;;;;;;/h1-3H,4H2;5*1H3;2*1H;/q;;;;;;;;+2/p-2. The van der Waals surface area contributed by atoms with Crippen LogP contribution < -0.4 is 0 Å². The average Bonchev–Trinajstić information content (AvgIpc) is 1.97. The van der Waals surface area contributed by atoms with Crippen LogP contribution in [0, 0.1) is 0 Å². The molecule has 13 heavy (non-hydrogen) atoms. The van der Waals surface area contributed by atoms with Crippen molar-refractivity contribution in [3.8, 4) is 0 Å². The van der Waals surface area contributed by atoms with Gasteiger partial charge in [-0.15, -0.1) is 0 Å². The molecule has 0 saturated carbocycles. The Morgan fingerprint density at radius 2 is 1.54 bits per heavy atom. The summed E-state index contributed by atoms with van der Waals surface area (Å²) in [4.78, 5) is 0. The monoisotopic (exact) mass is 281 g/mol. The zero-order chi connectivity index (χ0) is 10.8. The van der Waals surface area contributed by atoms with Crippen molar-refractivity contribution in [1.82, 2.24) is 0 Å². The van der Waals surface area contributed by atoms with E-state index in [0.29, 0.717) is 10.6 Å². The SMILES string of the molecule is [CH3][Rh]([CH3])([CH3])([CH3])([CH3])([F])([F])[C]1=CC=CC1. The molecule has 0 heterocycles. The summed E-state index contributed by atoms with van der Waals surface area (Å²) in [5.41, 5.74) is 5.79. The van der Waals surface area contributed by atoms with Gasteiger partial charge in [-0.05, 0) is 0 Å². The second-order valence-electron chi connectivity index (χ2n) is 6.82. The van der Waals surface area contributed by atoms with Gasteiger partial charge in [0.25, 0.3) is 0 Å². The summed E-state index contributed by atoms with van der Waals surface area (Å²) in [6, 6.07) is 0. The van der Waals surface area contributed by atoms with Gasteiger partial charge >= 0.3 is 74.1 Å². The van der Waals surface area contributed by atoms with Gasteiger partial charge in [0.2, 0.25) is 0 Å². The van der Waals surface area contributed by atoms with E-state index in [1.807, 2.05) is 0 Å². The van der Waals surface area contributed by atoms with Crippen LogP contribution in [-0.2, 0) is 11.1 Å². The minimum atomic E-state index is -6.53. The van der Waals surface area contributed by atoms with Crippen LogP contribution in [0.3, 0.4) is 0 Å². The zero-order valence-electron chi connectivity index (χ0n) is 9.03.